The van der Waals surface area contributed by atoms with Crippen molar-refractivity contribution >= 4 is 62.3 Å². The summed E-state index contributed by atoms with van der Waals surface area (Å²) >= 11 is 18.4. The lowest BCUT2D eigenvalue weighted by atomic mass is 10.0. The SMILES string of the molecule is CCC(C(=O)NC(C)(C)C)N(Cc1ccccc1C)C(=O)CN(c1cc(Cl)c(Cl)cc1Cl)S(C)(=O)=O. The van der Waals surface area contributed by atoms with Crippen molar-refractivity contribution in [3.05, 3.63) is 62.6 Å². The number of hydrogen-bond donors (Lipinski definition) is 1. The molecule has 0 aliphatic heterocycles. The molecule has 0 aliphatic carbocycles. The number of nitrogens with one attached hydrogen (secondary N) is 1. The zero-order valence-electron chi connectivity index (χ0n) is 21.2. The van der Waals surface area contributed by atoms with Gasteiger partial charge >= 0.3 is 0 Å². The van der Waals surface area contributed by atoms with Crippen molar-refractivity contribution in [2.24, 2.45) is 0 Å². The zero-order valence-corrected chi connectivity index (χ0v) is 24.3. The predicted octanol–water partition coefficient (Wildman–Crippen LogP) is 5.44. The summed E-state index contributed by atoms with van der Waals surface area (Å²) in [6, 6.07) is 9.30. The number of rotatable bonds is 9. The Labute approximate surface area is 228 Å². The Morgan fingerprint density at radius 1 is 1.03 bits per heavy atom. The monoisotopic (exact) mass is 575 g/mol. The number of sulfonamides is 1. The first-order valence-corrected chi connectivity index (χ1v) is 14.3. The van der Waals surface area contributed by atoms with Crippen LogP contribution in [0.15, 0.2) is 36.4 Å². The number of halogens is 3. The lowest BCUT2D eigenvalue weighted by Crippen LogP contribution is -2.55. The van der Waals surface area contributed by atoms with Gasteiger partial charge in [0.1, 0.15) is 12.6 Å². The number of hydrogen-bond acceptors (Lipinski definition) is 4. The first-order chi connectivity index (χ1) is 16.5. The van der Waals surface area contributed by atoms with Crippen molar-refractivity contribution in [3.8, 4) is 0 Å². The summed E-state index contributed by atoms with van der Waals surface area (Å²) in [5, 5.41) is 3.18. The first-order valence-electron chi connectivity index (χ1n) is 11.3. The van der Waals surface area contributed by atoms with E-state index >= 15 is 0 Å². The van der Waals surface area contributed by atoms with Gasteiger partial charge in [-0.3, -0.25) is 13.9 Å². The van der Waals surface area contributed by atoms with Crippen molar-refractivity contribution in [1.29, 1.82) is 0 Å². The molecule has 0 radical (unpaired) electrons. The maximum atomic E-state index is 13.8. The van der Waals surface area contributed by atoms with Crippen LogP contribution in [-0.2, 0) is 26.2 Å². The third-order valence-corrected chi connectivity index (χ3v) is 7.58. The molecule has 1 unspecified atom stereocenters. The highest BCUT2D eigenvalue weighted by Crippen LogP contribution is 2.35. The number of nitrogens with zero attached hydrogens (tertiary/aromatic N) is 2. The highest BCUT2D eigenvalue weighted by molar-refractivity contribution is 7.92. The standard InChI is InChI=1S/C25H32Cl3N3O4S/c1-7-21(24(33)29-25(3,4)5)30(14-17-11-9-8-10-16(17)2)23(32)15-31(36(6,34)35)22-13-19(27)18(26)12-20(22)28/h8-13,21H,7,14-15H2,1-6H3,(H,29,33). The van der Waals surface area contributed by atoms with Crippen molar-refractivity contribution in [2.75, 3.05) is 17.1 Å². The molecule has 2 aromatic carbocycles. The summed E-state index contributed by atoms with van der Waals surface area (Å²) < 4.78 is 26.4. The smallest absolute Gasteiger partial charge is 0.244 e. The Kier molecular flexibility index (Phi) is 10.1. The lowest BCUT2D eigenvalue weighted by molar-refractivity contribution is -0.141. The van der Waals surface area contributed by atoms with E-state index in [2.05, 4.69) is 5.32 Å². The van der Waals surface area contributed by atoms with E-state index in [1.165, 1.54) is 17.0 Å². The molecule has 11 heteroatoms. The fraction of sp³-hybridized carbons (Fsp3) is 0.440. The Bertz CT molecular complexity index is 1230. The summed E-state index contributed by atoms with van der Waals surface area (Å²) in [5.74, 6) is -0.896. The molecule has 198 valence electrons. The van der Waals surface area contributed by atoms with Gasteiger partial charge in [-0.05, 0) is 57.4 Å². The van der Waals surface area contributed by atoms with Crippen LogP contribution in [0.5, 0.6) is 0 Å². The van der Waals surface area contributed by atoms with Crippen LogP contribution >= 0.6 is 34.8 Å². The molecule has 0 saturated carbocycles. The summed E-state index contributed by atoms with van der Waals surface area (Å²) in [5.41, 5.74) is 1.28. The van der Waals surface area contributed by atoms with Crippen LogP contribution in [-0.4, -0.2) is 49.5 Å². The maximum Gasteiger partial charge on any atom is 0.244 e. The van der Waals surface area contributed by atoms with Crippen molar-refractivity contribution in [2.45, 2.75) is 59.2 Å². The summed E-state index contributed by atoms with van der Waals surface area (Å²) in [4.78, 5) is 28.4. The van der Waals surface area contributed by atoms with Gasteiger partial charge in [0.05, 0.1) is 27.0 Å². The molecule has 2 aromatic rings. The molecule has 0 aliphatic rings. The average molecular weight is 577 g/mol. The van der Waals surface area contributed by atoms with E-state index in [1.54, 1.807) is 6.92 Å². The van der Waals surface area contributed by atoms with Crippen LogP contribution in [0, 0.1) is 6.92 Å². The molecular weight excluding hydrogens is 545 g/mol. The Balaban J connectivity index is 2.54. The number of aryl methyl sites for hydroxylation is 1. The molecule has 1 atom stereocenters. The predicted molar refractivity (Wildman–Crippen MR) is 147 cm³/mol. The van der Waals surface area contributed by atoms with Crippen LogP contribution < -0.4 is 9.62 Å². The topological polar surface area (TPSA) is 86.8 Å². The minimum absolute atomic E-state index is 0.0185. The second-order valence-corrected chi connectivity index (χ2v) is 12.7. The fourth-order valence-electron chi connectivity index (χ4n) is 3.64. The van der Waals surface area contributed by atoms with Crippen LogP contribution in [0.25, 0.3) is 0 Å². The number of benzene rings is 2. The van der Waals surface area contributed by atoms with E-state index in [-0.39, 0.29) is 33.2 Å². The third-order valence-electron chi connectivity index (χ3n) is 5.42. The number of amides is 2. The number of anilines is 1. The molecule has 0 fully saturated rings. The van der Waals surface area contributed by atoms with Gasteiger partial charge in [0.25, 0.3) is 0 Å². The van der Waals surface area contributed by atoms with Crippen molar-refractivity contribution in [3.63, 3.8) is 0 Å². The summed E-state index contributed by atoms with van der Waals surface area (Å²) in [6.45, 7) is 8.80. The summed E-state index contributed by atoms with van der Waals surface area (Å²) in [7, 11) is -3.96. The molecule has 1 N–H and O–H groups in total. The highest BCUT2D eigenvalue weighted by Gasteiger charge is 2.33. The molecule has 2 amide bonds. The molecule has 0 heterocycles. The minimum Gasteiger partial charge on any atom is -0.350 e. The Hall–Kier alpha value is -2.00. The third kappa shape index (κ3) is 8.00. The zero-order chi connectivity index (χ0) is 27.4. The largest absolute Gasteiger partial charge is 0.350 e. The molecule has 2 rings (SSSR count). The molecule has 0 bridgehead atoms. The van der Waals surface area contributed by atoms with Crippen LogP contribution in [0.2, 0.25) is 15.1 Å². The van der Waals surface area contributed by atoms with E-state index in [0.717, 1.165) is 21.7 Å². The molecule has 7 nitrogen and oxygen atoms in total. The van der Waals surface area contributed by atoms with Gasteiger partial charge in [-0.25, -0.2) is 8.42 Å². The van der Waals surface area contributed by atoms with Gasteiger partial charge < -0.3 is 10.2 Å². The van der Waals surface area contributed by atoms with Crippen LogP contribution in [0.1, 0.15) is 45.2 Å². The van der Waals surface area contributed by atoms with Crippen LogP contribution in [0.3, 0.4) is 0 Å². The van der Waals surface area contributed by atoms with Crippen LogP contribution in [0.4, 0.5) is 5.69 Å². The van der Waals surface area contributed by atoms with E-state index in [4.69, 9.17) is 34.8 Å². The van der Waals surface area contributed by atoms with E-state index in [0.29, 0.717) is 6.42 Å². The Morgan fingerprint density at radius 2 is 1.61 bits per heavy atom. The fourth-order valence-corrected chi connectivity index (χ4v) is 5.19. The van der Waals surface area contributed by atoms with Gasteiger partial charge in [0.15, 0.2) is 0 Å². The van der Waals surface area contributed by atoms with Crippen molar-refractivity contribution < 1.29 is 18.0 Å². The van der Waals surface area contributed by atoms with Gasteiger partial charge in [-0.1, -0.05) is 66.0 Å². The molecular formula is C25H32Cl3N3O4S. The summed E-state index contributed by atoms with van der Waals surface area (Å²) in [6.07, 6.45) is 1.29. The molecule has 0 spiro atoms. The maximum absolute atomic E-state index is 13.8. The van der Waals surface area contributed by atoms with Crippen molar-refractivity contribution in [1.82, 2.24) is 10.2 Å². The Morgan fingerprint density at radius 3 is 2.14 bits per heavy atom. The molecule has 36 heavy (non-hydrogen) atoms. The second-order valence-electron chi connectivity index (χ2n) is 9.60. The average Bonchev–Trinajstić information content (AvgIpc) is 2.74. The van der Waals surface area contributed by atoms with Gasteiger partial charge in [0.2, 0.25) is 21.8 Å². The lowest BCUT2D eigenvalue weighted by Gasteiger charge is -2.35. The molecule has 0 saturated heterocycles. The van der Waals surface area contributed by atoms with E-state index < -0.39 is 34.1 Å². The normalized spacial score (nSPS) is 12.7. The first kappa shape index (κ1) is 30.2. The molecule has 0 aromatic heterocycles. The number of carbonyl (C=O) groups excluding carboxylic acids is 2. The van der Waals surface area contributed by atoms with Gasteiger partial charge in [-0.2, -0.15) is 0 Å². The van der Waals surface area contributed by atoms with E-state index in [9.17, 15) is 18.0 Å². The highest BCUT2D eigenvalue weighted by atomic mass is 35.5. The number of carbonyl (C=O) groups is 2. The van der Waals surface area contributed by atoms with Gasteiger partial charge in [-0.15, -0.1) is 0 Å². The minimum atomic E-state index is -3.96. The quantitative estimate of drug-likeness (QED) is 0.403. The second kappa shape index (κ2) is 12.0. The van der Waals surface area contributed by atoms with E-state index in [1.807, 2.05) is 52.0 Å². The van der Waals surface area contributed by atoms with Gasteiger partial charge in [0, 0.05) is 12.1 Å².